The van der Waals surface area contributed by atoms with E-state index in [-0.39, 0.29) is 12.0 Å². The van der Waals surface area contributed by atoms with Gasteiger partial charge in [0, 0.05) is 12.6 Å². The van der Waals surface area contributed by atoms with Crippen molar-refractivity contribution in [1.82, 2.24) is 5.32 Å². The molecule has 0 aromatic carbocycles. The molecule has 0 aromatic rings. The van der Waals surface area contributed by atoms with E-state index in [0.29, 0.717) is 12.6 Å². The summed E-state index contributed by atoms with van der Waals surface area (Å²) in [5.41, 5.74) is 0. The Kier molecular flexibility index (Phi) is 4.20. The lowest BCUT2D eigenvalue weighted by molar-refractivity contribution is 0.161. The van der Waals surface area contributed by atoms with E-state index in [1.165, 1.54) is 0 Å². The van der Waals surface area contributed by atoms with Crippen LogP contribution in [0.2, 0.25) is 0 Å². The Morgan fingerprint density at radius 2 is 2.38 bits per heavy atom. The normalized spacial score (nSPS) is 29.9. The molecule has 1 aliphatic carbocycles. The molecule has 3 atom stereocenters. The Hall–Kier alpha value is -0.590. The lowest BCUT2D eigenvalue weighted by atomic mass is 10.1. The van der Waals surface area contributed by atoms with E-state index in [4.69, 9.17) is 5.26 Å². The third-order valence-corrected chi connectivity index (χ3v) is 2.77. The molecule has 3 heteroatoms. The Labute approximate surface area is 79.8 Å². The number of hydrogen-bond acceptors (Lipinski definition) is 3. The fraction of sp³-hybridized carbons (Fsp3) is 0.900. The Morgan fingerprint density at radius 1 is 1.62 bits per heavy atom. The Bertz CT molecular complexity index is 188. The molecule has 0 heterocycles. The number of nitrogens with one attached hydrogen (secondary N) is 1. The van der Waals surface area contributed by atoms with Gasteiger partial charge in [-0.15, -0.1) is 0 Å². The highest BCUT2D eigenvalue weighted by Gasteiger charge is 2.26. The monoisotopic (exact) mass is 182 g/mol. The highest BCUT2D eigenvalue weighted by Crippen LogP contribution is 2.24. The van der Waals surface area contributed by atoms with Gasteiger partial charge in [0.25, 0.3) is 0 Å². The maximum absolute atomic E-state index is 9.33. The SMILES string of the molecule is CCC(O)CNC1CCCC1C#N. The smallest absolute Gasteiger partial charge is 0.0672 e. The minimum Gasteiger partial charge on any atom is -0.392 e. The van der Waals surface area contributed by atoms with Gasteiger partial charge in [-0.05, 0) is 19.3 Å². The molecule has 0 aromatic heterocycles. The van der Waals surface area contributed by atoms with Crippen LogP contribution in [0.15, 0.2) is 0 Å². The molecule has 1 fully saturated rings. The average molecular weight is 182 g/mol. The predicted molar refractivity (Wildman–Crippen MR) is 51.0 cm³/mol. The Balaban J connectivity index is 2.24. The van der Waals surface area contributed by atoms with Crippen LogP contribution >= 0.6 is 0 Å². The summed E-state index contributed by atoms with van der Waals surface area (Å²) in [4.78, 5) is 0. The lowest BCUT2D eigenvalue weighted by Gasteiger charge is -2.17. The molecular formula is C10H18N2O. The van der Waals surface area contributed by atoms with Gasteiger partial charge in [0.1, 0.15) is 0 Å². The number of rotatable bonds is 4. The van der Waals surface area contributed by atoms with Crippen molar-refractivity contribution >= 4 is 0 Å². The molecule has 3 nitrogen and oxygen atoms in total. The van der Waals surface area contributed by atoms with Gasteiger partial charge in [-0.1, -0.05) is 13.3 Å². The van der Waals surface area contributed by atoms with Crippen molar-refractivity contribution in [3.05, 3.63) is 0 Å². The summed E-state index contributed by atoms with van der Waals surface area (Å²) in [7, 11) is 0. The second kappa shape index (κ2) is 5.21. The van der Waals surface area contributed by atoms with Gasteiger partial charge in [0.2, 0.25) is 0 Å². The topological polar surface area (TPSA) is 56.0 Å². The van der Waals surface area contributed by atoms with Gasteiger partial charge in [0.15, 0.2) is 0 Å². The van der Waals surface area contributed by atoms with E-state index < -0.39 is 0 Å². The summed E-state index contributed by atoms with van der Waals surface area (Å²) in [5, 5.41) is 21.4. The minimum atomic E-state index is -0.264. The van der Waals surface area contributed by atoms with Gasteiger partial charge in [-0.3, -0.25) is 0 Å². The molecule has 2 N–H and O–H groups in total. The molecule has 3 unspecified atom stereocenters. The molecule has 0 spiro atoms. The first kappa shape index (κ1) is 10.5. The molecule has 0 amide bonds. The van der Waals surface area contributed by atoms with Crippen molar-refractivity contribution in [3.8, 4) is 6.07 Å². The zero-order chi connectivity index (χ0) is 9.68. The standard InChI is InChI=1S/C10H18N2O/c1-2-9(13)7-12-10-5-3-4-8(10)6-11/h8-10,12-13H,2-5,7H2,1H3. The van der Waals surface area contributed by atoms with Gasteiger partial charge in [-0.25, -0.2) is 0 Å². The molecule has 74 valence electrons. The number of nitrogens with zero attached hydrogens (tertiary/aromatic N) is 1. The first-order valence-electron chi connectivity index (χ1n) is 5.09. The second-order valence-electron chi connectivity index (χ2n) is 3.74. The number of nitriles is 1. The minimum absolute atomic E-state index is 0.157. The van der Waals surface area contributed by atoms with Crippen molar-refractivity contribution in [3.63, 3.8) is 0 Å². The summed E-state index contributed by atoms with van der Waals surface area (Å²) in [5.74, 6) is 0.157. The van der Waals surface area contributed by atoms with Gasteiger partial charge in [0.05, 0.1) is 18.1 Å². The van der Waals surface area contributed by atoms with E-state index in [2.05, 4.69) is 11.4 Å². The van der Waals surface area contributed by atoms with Crippen LogP contribution in [0.3, 0.4) is 0 Å². The molecule has 0 saturated heterocycles. The van der Waals surface area contributed by atoms with Gasteiger partial charge < -0.3 is 10.4 Å². The van der Waals surface area contributed by atoms with Crippen LogP contribution in [0, 0.1) is 17.2 Å². The van der Waals surface area contributed by atoms with Crippen LogP contribution in [-0.2, 0) is 0 Å². The zero-order valence-corrected chi connectivity index (χ0v) is 8.16. The summed E-state index contributed by atoms with van der Waals surface area (Å²) in [6, 6.07) is 2.62. The fourth-order valence-electron chi connectivity index (χ4n) is 1.79. The van der Waals surface area contributed by atoms with Gasteiger partial charge >= 0.3 is 0 Å². The average Bonchev–Trinajstić information content (AvgIpc) is 2.61. The highest BCUT2D eigenvalue weighted by atomic mass is 16.3. The second-order valence-corrected chi connectivity index (χ2v) is 3.74. The van der Waals surface area contributed by atoms with E-state index in [9.17, 15) is 5.11 Å². The number of aliphatic hydroxyl groups is 1. The van der Waals surface area contributed by atoms with Gasteiger partial charge in [-0.2, -0.15) is 5.26 Å². The molecule has 13 heavy (non-hydrogen) atoms. The summed E-state index contributed by atoms with van der Waals surface area (Å²) < 4.78 is 0. The van der Waals surface area contributed by atoms with Crippen molar-refractivity contribution in [2.75, 3.05) is 6.54 Å². The van der Waals surface area contributed by atoms with Crippen molar-refractivity contribution in [2.45, 2.75) is 44.8 Å². The van der Waals surface area contributed by atoms with Crippen LogP contribution < -0.4 is 5.32 Å². The molecule has 1 rings (SSSR count). The largest absolute Gasteiger partial charge is 0.392 e. The molecule has 0 radical (unpaired) electrons. The summed E-state index contributed by atoms with van der Waals surface area (Å²) >= 11 is 0. The van der Waals surface area contributed by atoms with E-state index >= 15 is 0 Å². The number of hydrogen-bond donors (Lipinski definition) is 2. The number of aliphatic hydroxyl groups excluding tert-OH is 1. The zero-order valence-electron chi connectivity index (χ0n) is 8.16. The molecule has 1 aliphatic rings. The highest BCUT2D eigenvalue weighted by molar-refractivity contribution is 4.96. The maximum Gasteiger partial charge on any atom is 0.0672 e. The van der Waals surface area contributed by atoms with Crippen molar-refractivity contribution in [1.29, 1.82) is 5.26 Å². The van der Waals surface area contributed by atoms with Crippen LogP contribution in [0.4, 0.5) is 0 Å². The van der Waals surface area contributed by atoms with E-state index in [1.807, 2.05) is 6.92 Å². The molecular weight excluding hydrogens is 164 g/mol. The maximum atomic E-state index is 9.33. The van der Waals surface area contributed by atoms with Crippen molar-refractivity contribution in [2.24, 2.45) is 5.92 Å². The third kappa shape index (κ3) is 2.98. The third-order valence-electron chi connectivity index (χ3n) is 2.77. The summed E-state index contributed by atoms with van der Waals surface area (Å²) in [6.07, 6.45) is 3.74. The van der Waals surface area contributed by atoms with Crippen LogP contribution in [0.25, 0.3) is 0 Å². The first-order valence-corrected chi connectivity index (χ1v) is 5.09. The van der Waals surface area contributed by atoms with Crippen LogP contribution in [-0.4, -0.2) is 23.8 Å². The lowest BCUT2D eigenvalue weighted by Crippen LogP contribution is -2.37. The first-order chi connectivity index (χ1) is 6.27. The predicted octanol–water partition coefficient (Wildman–Crippen LogP) is 1.04. The molecule has 0 bridgehead atoms. The van der Waals surface area contributed by atoms with Crippen molar-refractivity contribution < 1.29 is 5.11 Å². The summed E-state index contributed by atoms with van der Waals surface area (Å²) in [6.45, 7) is 2.59. The van der Waals surface area contributed by atoms with E-state index in [0.717, 1.165) is 25.7 Å². The Morgan fingerprint density at radius 3 is 3.00 bits per heavy atom. The molecule has 1 saturated carbocycles. The molecule has 0 aliphatic heterocycles. The van der Waals surface area contributed by atoms with Crippen LogP contribution in [0.1, 0.15) is 32.6 Å². The van der Waals surface area contributed by atoms with E-state index in [1.54, 1.807) is 0 Å². The van der Waals surface area contributed by atoms with Crippen LogP contribution in [0.5, 0.6) is 0 Å². The fourth-order valence-corrected chi connectivity index (χ4v) is 1.79. The quantitative estimate of drug-likeness (QED) is 0.683.